The number of nitrogens with one attached hydrogen (secondary N) is 1. The lowest BCUT2D eigenvalue weighted by molar-refractivity contribution is 0.211. The van der Waals surface area contributed by atoms with E-state index in [9.17, 15) is 0 Å². The zero-order valence-electron chi connectivity index (χ0n) is 14.3. The van der Waals surface area contributed by atoms with E-state index < -0.39 is 0 Å². The molecule has 2 aliphatic carbocycles. The first-order chi connectivity index (χ1) is 11.9. The van der Waals surface area contributed by atoms with Gasteiger partial charge >= 0.3 is 0 Å². The lowest BCUT2D eigenvalue weighted by Gasteiger charge is -2.32. The first-order valence-corrected chi connectivity index (χ1v) is 10.4. The Labute approximate surface area is 147 Å². The maximum absolute atomic E-state index is 4.63. The summed E-state index contributed by atoms with van der Waals surface area (Å²) in [4.78, 5) is 14.6. The molecule has 0 spiro atoms. The van der Waals surface area contributed by atoms with Gasteiger partial charge in [-0.15, -0.1) is 11.3 Å². The summed E-state index contributed by atoms with van der Waals surface area (Å²) in [5, 5.41) is 5.11. The van der Waals surface area contributed by atoms with Crippen LogP contribution < -0.4 is 5.32 Å². The monoisotopic (exact) mass is 342 g/mol. The molecule has 2 fully saturated rings. The average molecular weight is 343 g/mol. The van der Waals surface area contributed by atoms with Crippen LogP contribution in [-0.4, -0.2) is 40.5 Å². The summed E-state index contributed by atoms with van der Waals surface area (Å²) in [6.07, 6.45) is 12.2. The van der Waals surface area contributed by atoms with Crippen molar-refractivity contribution in [2.24, 2.45) is 5.92 Å². The fourth-order valence-corrected chi connectivity index (χ4v) is 5.55. The lowest BCUT2D eigenvalue weighted by atomic mass is 9.96. The van der Waals surface area contributed by atoms with Crippen LogP contribution in [0, 0.1) is 5.92 Å². The second-order valence-corrected chi connectivity index (χ2v) is 8.86. The van der Waals surface area contributed by atoms with Crippen molar-refractivity contribution in [2.45, 2.75) is 57.4 Å². The number of thiophene rings is 1. The maximum atomic E-state index is 4.63. The molecule has 0 atom stereocenters. The van der Waals surface area contributed by atoms with E-state index in [0.717, 1.165) is 11.7 Å². The van der Waals surface area contributed by atoms with Crippen LogP contribution in [0.1, 0.15) is 49.0 Å². The van der Waals surface area contributed by atoms with E-state index in [1.807, 2.05) is 11.3 Å². The SMILES string of the molecule is c1nc(NC2CCN(CC3CC3)CC2)c2c3c(sc2n1)CCCC3. The zero-order chi connectivity index (χ0) is 15.9. The third kappa shape index (κ3) is 2.93. The normalized spacial score (nSPS) is 22.7. The molecule has 0 aromatic carbocycles. The van der Waals surface area contributed by atoms with Crippen molar-refractivity contribution in [3.63, 3.8) is 0 Å². The molecule has 1 saturated carbocycles. The Kier molecular flexibility index (Phi) is 3.94. The highest BCUT2D eigenvalue weighted by molar-refractivity contribution is 7.19. The Bertz CT molecular complexity index is 728. The molecule has 4 nitrogen and oxygen atoms in total. The first-order valence-electron chi connectivity index (χ1n) is 9.61. The Morgan fingerprint density at radius 3 is 2.75 bits per heavy atom. The standard InChI is InChI=1S/C19H26N4S/c1-2-4-16-15(3-1)17-18(20-12-21-19(17)24-16)22-14-7-9-23(10-8-14)11-13-5-6-13/h12-14H,1-11H2,(H,20,21,22). The highest BCUT2D eigenvalue weighted by Crippen LogP contribution is 2.38. The number of anilines is 1. The Morgan fingerprint density at radius 1 is 1.08 bits per heavy atom. The number of aryl methyl sites for hydroxylation is 2. The molecule has 2 aromatic heterocycles. The van der Waals surface area contributed by atoms with E-state index in [0.29, 0.717) is 6.04 Å². The van der Waals surface area contributed by atoms with Gasteiger partial charge in [0.05, 0.1) is 5.39 Å². The van der Waals surface area contributed by atoms with Crippen molar-refractivity contribution < 1.29 is 0 Å². The number of nitrogens with zero attached hydrogens (tertiary/aromatic N) is 3. The second kappa shape index (κ2) is 6.26. The summed E-state index contributed by atoms with van der Waals surface area (Å²) >= 11 is 1.89. The van der Waals surface area contributed by atoms with E-state index in [-0.39, 0.29) is 0 Å². The highest BCUT2D eigenvalue weighted by atomic mass is 32.1. The van der Waals surface area contributed by atoms with E-state index in [2.05, 4.69) is 20.2 Å². The van der Waals surface area contributed by atoms with Crippen LogP contribution in [0.3, 0.4) is 0 Å². The molecule has 128 valence electrons. The number of hydrogen-bond acceptors (Lipinski definition) is 5. The summed E-state index contributed by atoms with van der Waals surface area (Å²) in [5.74, 6) is 2.10. The summed E-state index contributed by atoms with van der Waals surface area (Å²) in [6, 6.07) is 0.567. The van der Waals surface area contributed by atoms with E-state index in [1.54, 1.807) is 11.2 Å². The van der Waals surface area contributed by atoms with Gasteiger partial charge in [0.2, 0.25) is 0 Å². The minimum Gasteiger partial charge on any atom is -0.367 e. The first kappa shape index (κ1) is 15.1. The van der Waals surface area contributed by atoms with Gasteiger partial charge in [-0.05, 0) is 62.8 Å². The minimum absolute atomic E-state index is 0.567. The second-order valence-electron chi connectivity index (χ2n) is 7.78. The molecule has 0 amide bonds. The molecule has 1 N–H and O–H groups in total. The number of aromatic nitrogens is 2. The predicted octanol–water partition coefficient (Wildman–Crippen LogP) is 3.86. The van der Waals surface area contributed by atoms with Gasteiger partial charge in [0.1, 0.15) is 17.0 Å². The van der Waals surface area contributed by atoms with Crippen molar-refractivity contribution >= 4 is 27.4 Å². The number of hydrogen-bond donors (Lipinski definition) is 1. The molecular weight excluding hydrogens is 316 g/mol. The molecule has 5 heteroatoms. The van der Waals surface area contributed by atoms with Gasteiger partial charge in [-0.25, -0.2) is 9.97 Å². The van der Waals surface area contributed by atoms with Crippen LogP contribution in [0.5, 0.6) is 0 Å². The third-order valence-electron chi connectivity index (χ3n) is 5.89. The molecule has 0 radical (unpaired) electrons. The predicted molar refractivity (Wildman–Crippen MR) is 99.9 cm³/mol. The summed E-state index contributed by atoms with van der Waals surface area (Å²) < 4.78 is 0. The van der Waals surface area contributed by atoms with Crippen LogP contribution in [0.15, 0.2) is 6.33 Å². The Morgan fingerprint density at radius 2 is 1.92 bits per heavy atom. The summed E-state index contributed by atoms with van der Waals surface area (Å²) in [7, 11) is 0. The van der Waals surface area contributed by atoms with Gasteiger partial charge in [-0.1, -0.05) is 0 Å². The quantitative estimate of drug-likeness (QED) is 0.916. The van der Waals surface area contributed by atoms with E-state index >= 15 is 0 Å². The van der Waals surface area contributed by atoms with Crippen LogP contribution in [0.4, 0.5) is 5.82 Å². The van der Waals surface area contributed by atoms with Crippen molar-refractivity contribution in [1.82, 2.24) is 14.9 Å². The number of piperidine rings is 1. The maximum Gasteiger partial charge on any atom is 0.138 e. The zero-order valence-corrected chi connectivity index (χ0v) is 15.1. The Hall–Kier alpha value is -1.20. The molecule has 5 rings (SSSR count). The van der Waals surface area contributed by atoms with E-state index in [1.165, 1.54) is 86.8 Å². The van der Waals surface area contributed by atoms with Gasteiger partial charge in [-0.2, -0.15) is 0 Å². The van der Waals surface area contributed by atoms with Gasteiger partial charge in [0.15, 0.2) is 0 Å². The largest absolute Gasteiger partial charge is 0.367 e. The summed E-state index contributed by atoms with van der Waals surface area (Å²) in [6.45, 7) is 3.82. The molecule has 2 aromatic rings. The van der Waals surface area contributed by atoms with Gasteiger partial charge in [-0.3, -0.25) is 0 Å². The smallest absolute Gasteiger partial charge is 0.138 e. The molecule has 24 heavy (non-hydrogen) atoms. The van der Waals surface area contributed by atoms with Crippen LogP contribution in [0.25, 0.3) is 10.2 Å². The van der Waals surface area contributed by atoms with Crippen molar-refractivity contribution in [1.29, 1.82) is 0 Å². The average Bonchev–Trinajstić information content (AvgIpc) is 3.34. The fourth-order valence-electron chi connectivity index (χ4n) is 4.32. The molecule has 3 heterocycles. The van der Waals surface area contributed by atoms with Gasteiger partial charge in [0.25, 0.3) is 0 Å². The number of likely N-dealkylation sites (tertiary alicyclic amines) is 1. The highest BCUT2D eigenvalue weighted by Gasteiger charge is 2.28. The van der Waals surface area contributed by atoms with Crippen molar-refractivity contribution in [3.05, 3.63) is 16.8 Å². The molecule has 1 aliphatic heterocycles. The van der Waals surface area contributed by atoms with Crippen LogP contribution in [0.2, 0.25) is 0 Å². The fraction of sp³-hybridized carbons (Fsp3) is 0.684. The van der Waals surface area contributed by atoms with Crippen LogP contribution >= 0.6 is 11.3 Å². The number of fused-ring (bicyclic) bond motifs is 3. The third-order valence-corrected chi connectivity index (χ3v) is 7.09. The summed E-state index contributed by atoms with van der Waals surface area (Å²) in [5.41, 5.74) is 1.54. The molecular formula is C19H26N4S. The topological polar surface area (TPSA) is 41.1 Å². The Balaban J connectivity index is 1.33. The van der Waals surface area contributed by atoms with E-state index in [4.69, 9.17) is 0 Å². The molecule has 3 aliphatic rings. The van der Waals surface area contributed by atoms with Crippen molar-refractivity contribution in [2.75, 3.05) is 25.0 Å². The molecule has 1 saturated heterocycles. The molecule has 0 bridgehead atoms. The number of rotatable bonds is 4. The van der Waals surface area contributed by atoms with Gasteiger partial charge < -0.3 is 10.2 Å². The molecule has 0 unspecified atom stereocenters. The van der Waals surface area contributed by atoms with Gasteiger partial charge in [0, 0.05) is 30.6 Å². The minimum atomic E-state index is 0.567. The lowest BCUT2D eigenvalue weighted by Crippen LogP contribution is -2.40. The van der Waals surface area contributed by atoms with Crippen molar-refractivity contribution in [3.8, 4) is 0 Å². The van der Waals surface area contributed by atoms with Crippen LogP contribution in [-0.2, 0) is 12.8 Å².